The van der Waals surface area contributed by atoms with Crippen molar-refractivity contribution in [2.75, 3.05) is 27.2 Å². The van der Waals surface area contributed by atoms with Gasteiger partial charge in [0.15, 0.2) is 0 Å². The van der Waals surface area contributed by atoms with E-state index >= 15 is 0 Å². The summed E-state index contributed by atoms with van der Waals surface area (Å²) in [7, 11) is 2.49. The van der Waals surface area contributed by atoms with E-state index in [1.807, 2.05) is 0 Å². The average molecular weight is 273 g/mol. The van der Waals surface area contributed by atoms with Crippen LogP contribution >= 0.6 is 24.2 Å². The van der Waals surface area contributed by atoms with E-state index in [0.717, 1.165) is 25.3 Å². The molecule has 6 heteroatoms. The highest BCUT2D eigenvalue weighted by Gasteiger charge is 2.37. The Morgan fingerprint density at radius 3 is 2.07 bits per heavy atom. The molecule has 1 atom stereocenters. The van der Waals surface area contributed by atoms with E-state index in [1.54, 1.807) is 21.3 Å². The molecule has 15 heavy (non-hydrogen) atoms. The van der Waals surface area contributed by atoms with Crippen LogP contribution in [0.2, 0.25) is 6.04 Å². The van der Waals surface area contributed by atoms with Crippen molar-refractivity contribution in [3.8, 4) is 0 Å². The Labute approximate surface area is 104 Å². The highest BCUT2D eigenvalue weighted by atomic mass is 35.5. The van der Waals surface area contributed by atoms with Crippen molar-refractivity contribution in [3.05, 3.63) is 0 Å². The van der Waals surface area contributed by atoms with Crippen LogP contribution in [0.25, 0.3) is 0 Å². The number of hydrogen-bond donors (Lipinski definition) is 1. The summed E-state index contributed by atoms with van der Waals surface area (Å²) >= 11 is 10.1. The fourth-order valence-electron chi connectivity index (χ4n) is 1.36. The van der Waals surface area contributed by atoms with Gasteiger partial charge in [0.2, 0.25) is 0 Å². The first kappa shape index (κ1) is 15.7. The number of hydrogen-bond acceptors (Lipinski definition) is 4. The number of alkyl halides is 1. The molecular weight excluding hydrogens is 252 g/mol. The Morgan fingerprint density at radius 2 is 1.67 bits per heavy atom. The second kappa shape index (κ2) is 8.84. The second-order valence-corrected chi connectivity index (χ2v) is 7.52. The van der Waals surface area contributed by atoms with E-state index < -0.39 is 8.80 Å². The lowest BCUT2D eigenvalue weighted by atomic mass is 10.2. The van der Waals surface area contributed by atoms with Gasteiger partial charge < -0.3 is 13.3 Å². The molecule has 0 bridgehead atoms. The fraction of sp³-hybridized carbons (Fsp3) is 1.00. The number of halogens is 1. The lowest BCUT2D eigenvalue weighted by Crippen LogP contribution is -2.43. The minimum atomic E-state index is -2.40. The zero-order chi connectivity index (χ0) is 11.7. The SMILES string of the molecule is CO[Si](CCC(S)CCCCl)(OC)OC. The first-order valence-electron chi connectivity index (χ1n) is 5.03. The third-order valence-electron chi connectivity index (χ3n) is 2.39. The van der Waals surface area contributed by atoms with Gasteiger partial charge in [0.1, 0.15) is 0 Å². The smallest absolute Gasteiger partial charge is 0.377 e. The highest BCUT2D eigenvalue weighted by Crippen LogP contribution is 2.20. The van der Waals surface area contributed by atoms with Crippen LogP contribution in [-0.2, 0) is 13.3 Å². The molecule has 0 saturated carbocycles. The van der Waals surface area contributed by atoms with Crippen LogP contribution in [0.1, 0.15) is 19.3 Å². The van der Waals surface area contributed by atoms with E-state index in [0.29, 0.717) is 11.1 Å². The summed E-state index contributed by atoms with van der Waals surface area (Å²) in [6.45, 7) is 0. The van der Waals surface area contributed by atoms with Crippen LogP contribution < -0.4 is 0 Å². The number of thiol groups is 1. The first-order valence-corrected chi connectivity index (χ1v) is 8.02. The van der Waals surface area contributed by atoms with Crippen LogP contribution in [0.15, 0.2) is 0 Å². The fourth-order valence-corrected chi connectivity index (χ4v) is 3.88. The topological polar surface area (TPSA) is 27.7 Å². The zero-order valence-electron chi connectivity index (χ0n) is 9.66. The lowest BCUT2D eigenvalue weighted by Gasteiger charge is -2.25. The largest absolute Gasteiger partial charge is 0.500 e. The molecule has 3 nitrogen and oxygen atoms in total. The van der Waals surface area contributed by atoms with Gasteiger partial charge in [0.25, 0.3) is 0 Å². The van der Waals surface area contributed by atoms with Crippen LogP contribution in [0.3, 0.4) is 0 Å². The van der Waals surface area contributed by atoms with Crippen molar-refractivity contribution in [3.63, 3.8) is 0 Å². The minimum absolute atomic E-state index is 0.344. The molecule has 0 aliphatic rings. The lowest BCUT2D eigenvalue weighted by molar-refractivity contribution is 0.123. The summed E-state index contributed by atoms with van der Waals surface area (Å²) in [6, 6.07) is 0.799. The molecular formula is C9H21ClO3SSi. The molecule has 0 aliphatic heterocycles. The highest BCUT2D eigenvalue weighted by molar-refractivity contribution is 7.80. The van der Waals surface area contributed by atoms with E-state index in [1.165, 1.54) is 0 Å². The third kappa shape index (κ3) is 6.14. The van der Waals surface area contributed by atoms with Crippen LogP contribution in [-0.4, -0.2) is 41.3 Å². The maximum Gasteiger partial charge on any atom is 0.500 e. The predicted octanol–water partition coefficient (Wildman–Crippen LogP) is 2.57. The van der Waals surface area contributed by atoms with E-state index in [9.17, 15) is 0 Å². The molecule has 92 valence electrons. The molecule has 0 rings (SSSR count). The molecule has 1 unspecified atom stereocenters. The van der Waals surface area contributed by atoms with Gasteiger partial charge in [-0.1, -0.05) is 0 Å². The molecule has 0 fully saturated rings. The molecule has 0 radical (unpaired) electrons. The Hall–Kier alpha value is 0.737. The maximum absolute atomic E-state index is 5.62. The van der Waals surface area contributed by atoms with Gasteiger partial charge in [-0.3, -0.25) is 0 Å². The zero-order valence-corrected chi connectivity index (χ0v) is 12.3. The monoisotopic (exact) mass is 272 g/mol. The average Bonchev–Trinajstić information content (AvgIpc) is 2.29. The third-order valence-corrected chi connectivity index (χ3v) is 5.94. The van der Waals surface area contributed by atoms with Gasteiger partial charge in [-0.25, -0.2) is 0 Å². The molecule has 0 N–H and O–H groups in total. The van der Waals surface area contributed by atoms with E-state index in [4.69, 9.17) is 24.9 Å². The minimum Gasteiger partial charge on any atom is -0.377 e. The van der Waals surface area contributed by atoms with Gasteiger partial charge in [-0.05, 0) is 19.3 Å². The summed E-state index contributed by atoms with van der Waals surface area (Å²) in [4.78, 5) is 0. The number of rotatable bonds is 9. The molecule has 0 heterocycles. The Kier molecular flexibility index (Phi) is 9.27. The molecule has 0 amide bonds. The van der Waals surface area contributed by atoms with Crippen molar-refractivity contribution in [1.82, 2.24) is 0 Å². The standard InChI is InChI=1S/C9H21ClO3SSi/c1-11-15(12-2,13-3)8-6-9(14)5-4-7-10/h9,14H,4-8H2,1-3H3. The van der Waals surface area contributed by atoms with Crippen molar-refractivity contribution in [1.29, 1.82) is 0 Å². The molecule has 0 aliphatic carbocycles. The van der Waals surface area contributed by atoms with Crippen LogP contribution in [0.4, 0.5) is 0 Å². The Morgan fingerprint density at radius 1 is 1.13 bits per heavy atom. The summed E-state index contributed by atoms with van der Waals surface area (Å²) < 4.78 is 16.0. The normalized spacial score (nSPS) is 14.2. The Balaban J connectivity index is 3.88. The Bertz CT molecular complexity index is 150. The predicted molar refractivity (Wildman–Crippen MR) is 68.9 cm³/mol. The summed E-state index contributed by atoms with van der Waals surface area (Å²) in [5.41, 5.74) is 0. The first-order chi connectivity index (χ1) is 7.14. The van der Waals surface area contributed by atoms with Crippen LogP contribution in [0.5, 0.6) is 0 Å². The van der Waals surface area contributed by atoms with Crippen molar-refractivity contribution in [2.24, 2.45) is 0 Å². The molecule has 0 spiro atoms. The summed E-state index contributed by atoms with van der Waals surface area (Å²) in [5.74, 6) is 0.693. The molecule has 0 aromatic carbocycles. The summed E-state index contributed by atoms with van der Waals surface area (Å²) in [6.07, 6.45) is 2.95. The van der Waals surface area contributed by atoms with Crippen LogP contribution in [0, 0.1) is 0 Å². The van der Waals surface area contributed by atoms with Gasteiger partial charge in [-0.2, -0.15) is 12.6 Å². The van der Waals surface area contributed by atoms with E-state index in [2.05, 4.69) is 12.6 Å². The van der Waals surface area contributed by atoms with Crippen molar-refractivity contribution >= 4 is 33.0 Å². The molecule has 0 aromatic heterocycles. The van der Waals surface area contributed by atoms with Gasteiger partial charge in [0, 0.05) is 38.5 Å². The second-order valence-electron chi connectivity index (χ2n) is 3.32. The van der Waals surface area contributed by atoms with E-state index in [-0.39, 0.29) is 0 Å². The molecule has 0 saturated heterocycles. The van der Waals surface area contributed by atoms with Gasteiger partial charge >= 0.3 is 8.80 Å². The van der Waals surface area contributed by atoms with Gasteiger partial charge in [-0.15, -0.1) is 11.6 Å². The maximum atomic E-state index is 5.62. The van der Waals surface area contributed by atoms with Crippen molar-refractivity contribution in [2.45, 2.75) is 30.6 Å². The molecule has 0 aromatic rings. The summed E-state index contributed by atoms with van der Waals surface area (Å²) in [5, 5.41) is 0.344. The van der Waals surface area contributed by atoms with Gasteiger partial charge in [0.05, 0.1) is 0 Å². The quantitative estimate of drug-likeness (QED) is 0.397. The van der Waals surface area contributed by atoms with Crippen molar-refractivity contribution < 1.29 is 13.3 Å².